The van der Waals surface area contributed by atoms with Crippen molar-refractivity contribution in [2.45, 2.75) is 250 Å². The van der Waals surface area contributed by atoms with Crippen molar-refractivity contribution in [2.75, 3.05) is 37.4 Å². The average molecular weight is 773 g/mol. The maximum absolute atomic E-state index is 16.9. The molecule has 0 aliphatic carbocycles. The third-order valence-corrected chi connectivity index (χ3v) is 29.9. The van der Waals surface area contributed by atoms with Crippen LogP contribution < -0.4 is 0 Å². The predicted molar refractivity (Wildman–Crippen MR) is 245 cm³/mol. The number of unbranched alkanes of at least 4 members (excludes halogenated alkanes) is 20. The first-order valence-corrected chi connectivity index (χ1v) is 29.3. The molecule has 52 heavy (non-hydrogen) atoms. The second kappa shape index (κ2) is 28.9. The van der Waals surface area contributed by atoms with Crippen LogP contribution in [0.1, 0.15) is 250 Å². The van der Waals surface area contributed by atoms with Crippen LogP contribution in [0.15, 0.2) is 0 Å². The van der Waals surface area contributed by atoms with E-state index >= 15 is 4.57 Å². The summed E-state index contributed by atoms with van der Waals surface area (Å²) >= 11 is 0. The Hall–Kier alpha value is 0.620. The normalized spacial score (nSPS) is 16.0. The quantitative estimate of drug-likeness (QED) is 0.0468. The fraction of sp³-hybridized carbons (Fsp3) is 1.00. The standard InChI is InChI=1S/C48H102O2P2/c1-13-17-21-25-26-27-28-29-30-31-32-36-40-52(37-33-22-18-14-2,38-34-23-19-15-3,39-35-24-20-16-4)51(49,44-46(6)42-48(10,11)12)50-43-45(5)41-47(7,8)9/h45-46H,13-44H2,1-12H3. The summed E-state index contributed by atoms with van der Waals surface area (Å²) in [5.41, 5.74) is 0.492. The molecular weight excluding hydrogens is 670 g/mol. The van der Waals surface area contributed by atoms with Crippen LogP contribution >= 0.6 is 13.3 Å². The molecule has 3 unspecified atom stereocenters. The van der Waals surface area contributed by atoms with E-state index in [-0.39, 0.29) is 10.8 Å². The summed E-state index contributed by atoms with van der Waals surface area (Å²) in [6.07, 6.45) is 37.3. The van der Waals surface area contributed by atoms with Crippen LogP contribution in [0.25, 0.3) is 0 Å². The monoisotopic (exact) mass is 773 g/mol. The Morgan fingerprint density at radius 1 is 0.442 bits per heavy atom. The molecule has 0 radical (unpaired) electrons. The summed E-state index contributed by atoms with van der Waals surface area (Å²) in [5, 5.41) is 0. The molecule has 316 valence electrons. The fourth-order valence-corrected chi connectivity index (χ4v) is 27.5. The van der Waals surface area contributed by atoms with E-state index in [9.17, 15) is 0 Å². The molecule has 0 aromatic rings. The summed E-state index contributed by atoms with van der Waals surface area (Å²) in [6.45, 7) is 29.1. The molecule has 0 aliphatic heterocycles. The van der Waals surface area contributed by atoms with E-state index in [1.54, 1.807) is 0 Å². The number of hydrogen-bond acceptors (Lipinski definition) is 2. The Morgan fingerprint density at radius 2 is 0.712 bits per heavy atom. The Kier molecular flexibility index (Phi) is 29.3. The van der Waals surface area contributed by atoms with Gasteiger partial charge in [-0.2, -0.15) is 0 Å². The third-order valence-electron chi connectivity index (χ3n) is 12.2. The van der Waals surface area contributed by atoms with Gasteiger partial charge in [0.1, 0.15) is 0 Å². The van der Waals surface area contributed by atoms with E-state index in [2.05, 4.69) is 83.1 Å². The van der Waals surface area contributed by atoms with Crippen molar-refractivity contribution in [3.05, 3.63) is 0 Å². The third kappa shape index (κ3) is 23.0. The van der Waals surface area contributed by atoms with Gasteiger partial charge < -0.3 is 0 Å². The summed E-state index contributed by atoms with van der Waals surface area (Å²) in [7, 11) is -2.95. The summed E-state index contributed by atoms with van der Waals surface area (Å²) in [6, 6.07) is 0. The zero-order valence-corrected chi connectivity index (χ0v) is 40.3. The van der Waals surface area contributed by atoms with Crippen LogP contribution in [-0.4, -0.2) is 37.4 Å². The average Bonchev–Trinajstić information content (AvgIpc) is 3.05. The molecule has 2 nitrogen and oxygen atoms in total. The zero-order chi connectivity index (χ0) is 39.4. The van der Waals surface area contributed by atoms with Crippen LogP contribution in [0, 0.1) is 22.7 Å². The van der Waals surface area contributed by atoms with E-state index < -0.39 is 13.3 Å². The first-order valence-electron chi connectivity index (χ1n) is 23.8. The van der Waals surface area contributed by atoms with Gasteiger partial charge in [0, 0.05) is 0 Å². The topological polar surface area (TPSA) is 26.3 Å². The molecule has 0 saturated carbocycles. The summed E-state index contributed by atoms with van der Waals surface area (Å²) in [5.74, 6) is 0.856. The van der Waals surface area contributed by atoms with Crippen molar-refractivity contribution < 1.29 is 9.09 Å². The van der Waals surface area contributed by atoms with Crippen molar-refractivity contribution >= 4 is 13.3 Å². The number of hydrogen-bond donors (Lipinski definition) is 0. The Morgan fingerprint density at radius 3 is 1.02 bits per heavy atom. The Bertz CT molecular complexity index is 835. The molecule has 0 rings (SSSR count). The molecule has 0 spiro atoms. The van der Waals surface area contributed by atoms with E-state index in [0.717, 1.165) is 19.0 Å². The SMILES string of the molecule is CCCCCCCCCCCCCCP(CCCCCC)(CCCCCC)(CCCCCC)P(=O)(CC(C)CC(C)(C)C)OCC(C)CC(C)(C)C. The Balaban J connectivity index is 6.80. The molecule has 4 heteroatoms. The molecule has 0 aliphatic rings. The fourth-order valence-electron chi connectivity index (χ4n) is 9.77. The molecule has 0 fully saturated rings. The van der Waals surface area contributed by atoms with Crippen molar-refractivity contribution in [1.29, 1.82) is 0 Å². The number of rotatable bonds is 36. The predicted octanol–water partition coefficient (Wildman–Crippen LogP) is 18.3. The van der Waals surface area contributed by atoms with Gasteiger partial charge in [0.05, 0.1) is 0 Å². The molecule has 0 saturated heterocycles. The van der Waals surface area contributed by atoms with Crippen LogP contribution in [0.4, 0.5) is 0 Å². The molecule has 0 heterocycles. The van der Waals surface area contributed by atoms with Crippen LogP contribution in [0.2, 0.25) is 0 Å². The van der Waals surface area contributed by atoms with Gasteiger partial charge in [-0.3, -0.25) is 0 Å². The first kappa shape index (κ1) is 52.6. The minimum absolute atomic E-state index is 0.235. The van der Waals surface area contributed by atoms with Crippen molar-refractivity contribution in [2.24, 2.45) is 22.7 Å². The second-order valence-electron chi connectivity index (χ2n) is 20.7. The maximum atomic E-state index is 16.9. The van der Waals surface area contributed by atoms with Gasteiger partial charge >= 0.3 is 319 Å². The summed E-state index contributed by atoms with van der Waals surface area (Å²) < 4.78 is 24.3. The van der Waals surface area contributed by atoms with E-state index in [1.807, 2.05) is 0 Å². The first-order chi connectivity index (χ1) is 24.5. The van der Waals surface area contributed by atoms with Crippen LogP contribution in [-0.2, 0) is 9.09 Å². The van der Waals surface area contributed by atoms with Gasteiger partial charge in [0.15, 0.2) is 0 Å². The molecule has 0 aromatic carbocycles. The van der Waals surface area contributed by atoms with Crippen molar-refractivity contribution in [3.8, 4) is 0 Å². The van der Waals surface area contributed by atoms with Gasteiger partial charge in [-0.05, 0) is 0 Å². The molecular formula is C48H102O2P2. The van der Waals surface area contributed by atoms with Crippen LogP contribution in [0.3, 0.4) is 0 Å². The molecule has 0 N–H and O–H groups in total. The van der Waals surface area contributed by atoms with E-state index in [4.69, 9.17) is 4.52 Å². The van der Waals surface area contributed by atoms with Gasteiger partial charge in [0.25, 0.3) is 0 Å². The van der Waals surface area contributed by atoms with Gasteiger partial charge in [0.2, 0.25) is 0 Å². The van der Waals surface area contributed by atoms with E-state index in [1.165, 1.54) is 179 Å². The van der Waals surface area contributed by atoms with Gasteiger partial charge in [-0.1, -0.05) is 13.3 Å². The summed E-state index contributed by atoms with van der Waals surface area (Å²) in [4.78, 5) is 0. The zero-order valence-electron chi connectivity index (χ0n) is 38.5. The van der Waals surface area contributed by atoms with Crippen LogP contribution in [0.5, 0.6) is 0 Å². The van der Waals surface area contributed by atoms with Crippen molar-refractivity contribution in [3.63, 3.8) is 0 Å². The molecule has 3 atom stereocenters. The minimum atomic E-state index is -2.95. The second-order valence-corrected chi connectivity index (χ2v) is 33.5. The Labute approximate surface area is 331 Å². The molecule has 0 bridgehead atoms. The molecule has 0 amide bonds. The van der Waals surface area contributed by atoms with E-state index in [0.29, 0.717) is 18.4 Å². The van der Waals surface area contributed by atoms with Gasteiger partial charge in [-0.15, -0.1) is 0 Å². The van der Waals surface area contributed by atoms with Crippen molar-refractivity contribution in [1.82, 2.24) is 0 Å². The molecule has 0 aromatic heterocycles. The van der Waals surface area contributed by atoms with Gasteiger partial charge in [-0.25, -0.2) is 0 Å².